The van der Waals surface area contributed by atoms with E-state index in [0.29, 0.717) is 6.54 Å². The molecule has 0 aromatic rings. The van der Waals surface area contributed by atoms with Crippen LogP contribution in [0.4, 0.5) is 0 Å². The fourth-order valence-electron chi connectivity index (χ4n) is 2.24. The Bertz CT molecular complexity index is 383. The van der Waals surface area contributed by atoms with Crippen molar-refractivity contribution in [1.82, 2.24) is 14.9 Å². The van der Waals surface area contributed by atoms with Crippen molar-refractivity contribution in [3.63, 3.8) is 0 Å². The molecule has 2 unspecified atom stereocenters. The van der Waals surface area contributed by atoms with Crippen molar-refractivity contribution in [2.75, 3.05) is 25.9 Å². The van der Waals surface area contributed by atoms with Gasteiger partial charge in [0.25, 0.3) is 0 Å². The molecule has 1 fully saturated rings. The average molecular weight is 314 g/mol. The van der Waals surface area contributed by atoms with Crippen molar-refractivity contribution >= 4 is 28.3 Å². The van der Waals surface area contributed by atoms with Gasteiger partial charge in [-0.1, -0.05) is 6.92 Å². The Labute approximate surface area is 121 Å². The highest BCUT2D eigenvalue weighted by Crippen LogP contribution is 2.11. The summed E-state index contributed by atoms with van der Waals surface area (Å²) in [4.78, 5) is 14.1. The van der Waals surface area contributed by atoms with E-state index in [4.69, 9.17) is 0 Å². The first kappa shape index (κ1) is 18.6. The van der Waals surface area contributed by atoms with Crippen molar-refractivity contribution in [2.24, 2.45) is 0 Å². The Morgan fingerprint density at radius 1 is 1.53 bits per heavy atom. The minimum Gasteiger partial charge on any atom is -0.337 e. The van der Waals surface area contributed by atoms with E-state index in [1.165, 1.54) is 0 Å². The molecule has 0 spiro atoms. The number of halogens is 1. The summed E-state index contributed by atoms with van der Waals surface area (Å²) >= 11 is 0. The lowest BCUT2D eigenvalue weighted by Crippen LogP contribution is -2.51. The summed E-state index contributed by atoms with van der Waals surface area (Å²) in [5.74, 6) is -0.143. The summed E-state index contributed by atoms with van der Waals surface area (Å²) in [6, 6.07) is -0.520. The number of nitrogens with one attached hydrogen (secondary N) is 2. The van der Waals surface area contributed by atoms with Gasteiger partial charge in [-0.3, -0.25) is 4.79 Å². The standard InChI is InChI=1S/C11H23N3O3S.ClH/c1-4-7-14(10-5-6-12-8-10)11(15)9(2)13-18(3,16)17;/h9-10,12-13H,4-8H2,1-3H3;1H. The van der Waals surface area contributed by atoms with Crippen LogP contribution in [0.15, 0.2) is 0 Å². The van der Waals surface area contributed by atoms with Gasteiger partial charge in [0.2, 0.25) is 15.9 Å². The predicted octanol–water partition coefficient (Wildman–Crippen LogP) is -0.0536. The zero-order valence-corrected chi connectivity index (χ0v) is 13.3. The monoisotopic (exact) mass is 313 g/mol. The van der Waals surface area contributed by atoms with Crippen LogP contribution in [-0.2, 0) is 14.8 Å². The molecule has 2 N–H and O–H groups in total. The van der Waals surface area contributed by atoms with Crippen LogP contribution in [0.3, 0.4) is 0 Å². The van der Waals surface area contributed by atoms with Crippen LogP contribution in [0.5, 0.6) is 0 Å². The van der Waals surface area contributed by atoms with Gasteiger partial charge in [0.15, 0.2) is 0 Å². The molecule has 1 aliphatic heterocycles. The van der Waals surface area contributed by atoms with Gasteiger partial charge in [-0.15, -0.1) is 12.4 Å². The lowest BCUT2D eigenvalue weighted by atomic mass is 10.1. The van der Waals surface area contributed by atoms with Gasteiger partial charge in [0.1, 0.15) is 0 Å². The van der Waals surface area contributed by atoms with Gasteiger partial charge < -0.3 is 10.2 Å². The zero-order valence-electron chi connectivity index (χ0n) is 11.7. The Balaban J connectivity index is 0.00000324. The summed E-state index contributed by atoms with van der Waals surface area (Å²) in [7, 11) is -3.35. The highest BCUT2D eigenvalue weighted by Gasteiger charge is 2.29. The molecular formula is C11H24ClN3O3S. The SMILES string of the molecule is CCCN(C(=O)C(C)NS(C)(=O)=O)C1CCNC1.Cl. The lowest BCUT2D eigenvalue weighted by Gasteiger charge is -2.30. The Morgan fingerprint density at radius 3 is 2.58 bits per heavy atom. The minimum atomic E-state index is -3.35. The van der Waals surface area contributed by atoms with Gasteiger partial charge in [0.05, 0.1) is 12.3 Å². The molecule has 0 saturated carbocycles. The van der Waals surface area contributed by atoms with Gasteiger partial charge in [-0.25, -0.2) is 13.1 Å². The van der Waals surface area contributed by atoms with Crippen molar-refractivity contribution in [1.29, 1.82) is 0 Å². The number of carbonyl (C=O) groups excluding carboxylic acids is 1. The molecule has 2 atom stereocenters. The van der Waals surface area contributed by atoms with Crippen LogP contribution in [-0.4, -0.2) is 57.2 Å². The second-order valence-electron chi connectivity index (χ2n) is 4.79. The number of hydrogen-bond donors (Lipinski definition) is 2. The first-order valence-corrected chi connectivity index (χ1v) is 8.22. The molecular weight excluding hydrogens is 290 g/mol. The van der Waals surface area contributed by atoms with Crippen LogP contribution in [0, 0.1) is 0 Å². The molecule has 6 nitrogen and oxygen atoms in total. The molecule has 1 amide bonds. The molecule has 1 saturated heterocycles. The summed E-state index contributed by atoms with van der Waals surface area (Å²) < 4.78 is 24.6. The second-order valence-corrected chi connectivity index (χ2v) is 6.57. The normalized spacial score (nSPS) is 20.7. The minimum absolute atomic E-state index is 0. The van der Waals surface area contributed by atoms with E-state index in [1.54, 1.807) is 11.8 Å². The Morgan fingerprint density at radius 2 is 2.16 bits per heavy atom. The number of amides is 1. The molecule has 0 aromatic heterocycles. The van der Waals surface area contributed by atoms with Gasteiger partial charge in [0, 0.05) is 19.1 Å². The van der Waals surface area contributed by atoms with E-state index in [1.807, 2.05) is 6.92 Å². The lowest BCUT2D eigenvalue weighted by molar-refractivity contribution is -0.134. The van der Waals surface area contributed by atoms with Crippen molar-refractivity contribution < 1.29 is 13.2 Å². The van der Waals surface area contributed by atoms with E-state index in [9.17, 15) is 13.2 Å². The number of carbonyl (C=O) groups is 1. The van der Waals surface area contributed by atoms with Crippen LogP contribution in [0.25, 0.3) is 0 Å². The zero-order chi connectivity index (χ0) is 13.8. The maximum absolute atomic E-state index is 12.3. The third kappa shape index (κ3) is 6.07. The first-order chi connectivity index (χ1) is 8.35. The molecule has 19 heavy (non-hydrogen) atoms. The van der Waals surface area contributed by atoms with Crippen LogP contribution >= 0.6 is 12.4 Å². The predicted molar refractivity (Wildman–Crippen MR) is 78.0 cm³/mol. The second kappa shape index (κ2) is 8.04. The van der Waals surface area contributed by atoms with Gasteiger partial charge in [-0.05, 0) is 26.3 Å². The summed E-state index contributed by atoms with van der Waals surface area (Å²) in [6.45, 7) is 5.97. The van der Waals surface area contributed by atoms with Gasteiger partial charge in [-0.2, -0.15) is 0 Å². The number of hydrogen-bond acceptors (Lipinski definition) is 4. The molecule has 0 aliphatic carbocycles. The number of nitrogens with zero attached hydrogens (tertiary/aromatic N) is 1. The quantitative estimate of drug-likeness (QED) is 0.720. The van der Waals surface area contributed by atoms with E-state index >= 15 is 0 Å². The third-order valence-corrected chi connectivity index (χ3v) is 3.77. The fraction of sp³-hybridized carbons (Fsp3) is 0.909. The fourth-order valence-corrected chi connectivity index (χ4v) is 2.98. The third-order valence-electron chi connectivity index (χ3n) is 2.98. The molecule has 0 bridgehead atoms. The van der Waals surface area contributed by atoms with E-state index < -0.39 is 16.1 Å². The molecule has 1 heterocycles. The highest BCUT2D eigenvalue weighted by atomic mass is 35.5. The molecule has 114 valence electrons. The topological polar surface area (TPSA) is 78.5 Å². The van der Waals surface area contributed by atoms with Crippen LogP contribution < -0.4 is 10.0 Å². The maximum atomic E-state index is 12.3. The Kier molecular flexibility index (Phi) is 7.88. The number of rotatable bonds is 6. The largest absolute Gasteiger partial charge is 0.337 e. The molecule has 0 aromatic carbocycles. The van der Waals surface area contributed by atoms with Crippen molar-refractivity contribution in [3.8, 4) is 0 Å². The van der Waals surface area contributed by atoms with Crippen molar-refractivity contribution in [2.45, 2.75) is 38.8 Å². The van der Waals surface area contributed by atoms with E-state index in [0.717, 1.165) is 32.2 Å². The smallest absolute Gasteiger partial charge is 0.240 e. The molecule has 8 heteroatoms. The first-order valence-electron chi connectivity index (χ1n) is 6.33. The van der Waals surface area contributed by atoms with Crippen LogP contribution in [0.1, 0.15) is 26.7 Å². The van der Waals surface area contributed by atoms with Crippen molar-refractivity contribution in [3.05, 3.63) is 0 Å². The maximum Gasteiger partial charge on any atom is 0.240 e. The molecule has 1 aliphatic rings. The summed E-state index contributed by atoms with van der Waals surface area (Å²) in [6.07, 6.45) is 2.86. The summed E-state index contributed by atoms with van der Waals surface area (Å²) in [5.41, 5.74) is 0. The summed E-state index contributed by atoms with van der Waals surface area (Å²) in [5, 5.41) is 3.22. The molecule has 0 radical (unpaired) electrons. The van der Waals surface area contributed by atoms with E-state index in [2.05, 4.69) is 10.0 Å². The average Bonchev–Trinajstić information content (AvgIpc) is 2.75. The Hall–Kier alpha value is -0.370. The van der Waals surface area contributed by atoms with Crippen LogP contribution in [0.2, 0.25) is 0 Å². The highest BCUT2D eigenvalue weighted by molar-refractivity contribution is 7.88. The van der Waals surface area contributed by atoms with E-state index in [-0.39, 0.29) is 24.4 Å². The number of sulfonamides is 1. The molecule has 1 rings (SSSR count). The van der Waals surface area contributed by atoms with Gasteiger partial charge >= 0.3 is 0 Å².